The lowest BCUT2D eigenvalue weighted by Crippen LogP contribution is -2.55. The first-order valence-corrected chi connectivity index (χ1v) is 10.2. The summed E-state index contributed by atoms with van der Waals surface area (Å²) in [6, 6.07) is 11.6. The molecule has 0 radical (unpaired) electrons. The maximum atomic E-state index is 14.1. The van der Waals surface area contributed by atoms with Crippen LogP contribution in [-0.4, -0.2) is 47.3 Å². The third-order valence-corrected chi connectivity index (χ3v) is 4.85. The molecule has 3 rings (SSSR count). The summed E-state index contributed by atoms with van der Waals surface area (Å²) >= 11 is 0. The smallest absolute Gasteiger partial charge is 0.410 e. The quantitative estimate of drug-likeness (QED) is 0.732. The van der Waals surface area contributed by atoms with Gasteiger partial charge in [-0.15, -0.1) is 0 Å². The highest BCUT2D eigenvalue weighted by atomic mass is 19.1. The zero-order valence-electron chi connectivity index (χ0n) is 18.3. The Bertz CT molecular complexity index is 984. The maximum absolute atomic E-state index is 14.1. The molecule has 0 aliphatic carbocycles. The molecule has 1 saturated heterocycles. The molecule has 2 heterocycles. The van der Waals surface area contributed by atoms with Gasteiger partial charge in [0.2, 0.25) is 5.88 Å². The number of ether oxygens (including phenoxy) is 2. The number of nitriles is 1. The molecule has 7 nitrogen and oxygen atoms in total. The molecule has 0 bridgehead atoms. The van der Waals surface area contributed by atoms with Crippen molar-refractivity contribution < 1.29 is 18.7 Å². The van der Waals surface area contributed by atoms with E-state index >= 15 is 0 Å². The third-order valence-electron chi connectivity index (χ3n) is 4.85. The van der Waals surface area contributed by atoms with Crippen molar-refractivity contribution in [3.63, 3.8) is 0 Å². The van der Waals surface area contributed by atoms with Crippen LogP contribution in [0.5, 0.6) is 5.88 Å². The van der Waals surface area contributed by atoms with Gasteiger partial charge in [0.05, 0.1) is 11.6 Å². The molecule has 164 valence electrons. The number of benzene rings is 1. The lowest BCUT2D eigenvalue weighted by atomic mass is 10.1. The van der Waals surface area contributed by atoms with Gasteiger partial charge in [0.15, 0.2) is 0 Å². The van der Waals surface area contributed by atoms with E-state index in [0.717, 1.165) is 5.82 Å². The van der Waals surface area contributed by atoms with Gasteiger partial charge in [-0.2, -0.15) is 10.2 Å². The first-order chi connectivity index (χ1) is 14.7. The Labute approximate surface area is 182 Å². The second-order valence-corrected chi connectivity index (χ2v) is 8.51. The average molecular weight is 426 g/mol. The van der Waals surface area contributed by atoms with E-state index in [9.17, 15) is 9.18 Å². The first kappa shape index (κ1) is 22.3. The number of aromatic nitrogens is 1. The predicted molar refractivity (Wildman–Crippen MR) is 114 cm³/mol. The lowest BCUT2D eigenvalue weighted by Gasteiger charge is -2.40. The molecule has 1 amide bonds. The van der Waals surface area contributed by atoms with Gasteiger partial charge < -0.3 is 19.3 Å². The van der Waals surface area contributed by atoms with Crippen molar-refractivity contribution in [3.05, 3.63) is 53.3 Å². The number of hydrogen-bond acceptors (Lipinski definition) is 6. The van der Waals surface area contributed by atoms with Crippen LogP contribution in [0.25, 0.3) is 0 Å². The average Bonchev–Trinajstić information content (AvgIpc) is 2.71. The molecule has 1 aliphatic heterocycles. The Hall–Kier alpha value is -3.34. The van der Waals surface area contributed by atoms with E-state index in [1.54, 1.807) is 17.0 Å². The summed E-state index contributed by atoms with van der Waals surface area (Å²) in [5.41, 5.74) is 0.0852. The Balaban J connectivity index is 1.62. The molecular weight excluding hydrogens is 399 g/mol. The van der Waals surface area contributed by atoms with Crippen molar-refractivity contribution in [1.82, 2.24) is 9.88 Å². The van der Waals surface area contributed by atoms with Crippen LogP contribution in [0.15, 0.2) is 36.4 Å². The number of amides is 1. The zero-order chi connectivity index (χ0) is 22.6. The van der Waals surface area contributed by atoms with Crippen LogP contribution in [0.3, 0.4) is 0 Å². The number of pyridine rings is 1. The van der Waals surface area contributed by atoms with Crippen molar-refractivity contribution in [2.45, 2.75) is 45.9 Å². The number of rotatable bonds is 4. The van der Waals surface area contributed by atoms with E-state index in [1.165, 1.54) is 12.1 Å². The topological polar surface area (TPSA) is 78.7 Å². The normalized spacial score (nSPS) is 16.6. The van der Waals surface area contributed by atoms with Gasteiger partial charge in [-0.3, -0.25) is 0 Å². The summed E-state index contributed by atoms with van der Waals surface area (Å²) in [4.78, 5) is 20.8. The summed E-state index contributed by atoms with van der Waals surface area (Å²) in [6.45, 7) is 9.30. The molecule has 2 aromatic rings. The Morgan fingerprint density at radius 2 is 2.06 bits per heavy atom. The summed E-state index contributed by atoms with van der Waals surface area (Å²) in [7, 11) is 0. The van der Waals surface area contributed by atoms with Crippen molar-refractivity contribution in [1.29, 1.82) is 5.26 Å². The Morgan fingerprint density at radius 3 is 2.71 bits per heavy atom. The summed E-state index contributed by atoms with van der Waals surface area (Å²) < 4.78 is 25.2. The van der Waals surface area contributed by atoms with E-state index in [1.807, 2.05) is 45.9 Å². The number of nitrogens with zero attached hydrogens (tertiary/aromatic N) is 4. The highest BCUT2D eigenvalue weighted by Crippen LogP contribution is 2.22. The van der Waals surface area contributed by atoms with Crippen molar-refractivity contribution in [2.24, 2.45) is 0 Å². The Kier molecular flexibility index (Phi) is 6.64. The predicted octanol–water partition coefficient (Wildman–Crippen LogP) is 4.12. The molecule has 0 N–H and O–H groups in total. The van der Waals surface area contributed by atoms with Gasteiger partial charge in [0.25, 0.3) is 0 Å². The maximum Gasteiger partial charge on any atom is 0.410 e. The lowest BCUT2D eigenvalue weighted by molar-refractivity contribution is 0.0158. The van der Waals surface area contributed by atoms with Crippen LogP contribution < -0.4 is 9.64 Å². The number of carbonyl (C=O) groups is 1. The first-order valence-electron chi connectivity index (χ1n) is 10.2. The van der Waals surface area contributed by atoms with E-state index in [0.29, 0.717) is 31.1 Å². The highest BCUT2D eigenvalue weighted by Gasteiger charge is 2.31. The van der Waals surface area contributed by atoms with Gasteiger partial charge in [0, 0.05) is 37.3 Å². The molecule has 0 saturated carbocycles. The van der Waals surface area contributed by atoms with Crippen molar-refractivity contribution in [2.75, 3.05) is 24.5 Å². The molecule has 1 aromatic heterocycles. The van der Waals surface area contributed by atoms with Gasteiger partial charge in [-0.1, -0.05) is 12.1 Å². The van der Waals surface area contributed by atoms with E-state index < -0.39 is 11.4 Å². The number of hydrogen-bond donors (Lipinski definition) is 0. The fourth-order valence-corrected chi connectivity index (χ4v) is 3.30. The van der Waals surface area contributed by atoms with Gasteiger partial charge in [-0.25, -0.2) is 9.18 Å². The second-order valence-electron chi connectivity index (χ2n) is 8.51. The van der Waals surface area contributed by atoms with E-state index in [4.69, 9.17) is 14.7 Å². The third kappa shape index (κ3) is 5.85. The SMILES string of the molecule is C[C@H]1CN(c2cccc(OCc3ccc(C#N)cc3F)n2)CCN1C(=O)OC(C)(C)C. The zero-order valence-corrected chi connectivity index (χ0v) is 18.3. The van der Waals surface area contributed by atoms with Crippen LogP contribution in [0, 0.1) is 17.1 Å². The monoisotopic (exact) mass is 426 g/mol. The minimum Gasteiger partial charge on any atom is -0.473 e. The van der Waals surface area contributed by atoms with Crippen LogP contribution in [0.1, 0.15) is 38.8 Å². The molecule has 31 heavy (non-hydrogen) atoms. The molecular formula is C23H27FN4O3. The van der Waals surface area contributed by atoms with E-state index in [-0.39, 0.29) is 24.3 Å². The van der Waals surface area contributed by atoms with Gasteiger partial charge in [0.1, 0.15) is 23.8 Å². The largest absolute Gasteiger partial charge is 0.473 e. The number of carbonyl (C=O) groups excluding carboxylic acids is 1. The Morgan fingerprint density at radius 1 is 1.29 bits per heavy atom. The highest BCUT2D eigenvalue weighted by molar-refractivity contribution is 5.69. The summed E-state index contributed by atoms with van der Waals surface area (Å²) in [6.07, 6.45) is -0.311. The molecule has 1 atom stereocenters. The summed E-state index contributed by atoms with van der Waals surface area (Å²) in [5, 5.41) is 8.84. The van der Waals surface area contributed by atoms with Crippen LogP contribution in [0.4, 0.5) is 15.0 Å². The molecule has 1 aliphatic rings. The fraction of sp³-hybridized carbons (Fsp3) is 0.435. The van der Waals surface area contributed by atoms with Crippen LogP contribution in [-0.2, 0) is 11.3 Å². The van der Waals surface area contributed by atoms with Crippen molar-refractivity contribution >= 4 is 11.9 Å². The fourth-order valence-electron chi connectivity index (χ4n) is 3.30. The molecule has 1 aromatic carbocycles. The second kappa shape index (κ2) is 9.21. The van der Waals surface area contributed by atoms with Gasteiger partial charge in [-0.05, 0) is 45.9 Å². The minimum absolute atomic E-state index is 0.0107. The summed E-state index contributed by atoms with van der Waals surface area (Å²) in [5.74, 6) is 0.624. The van der Waals surface area contributed by atoms with Gasteiger partial charge >= 0.3 is 6.09 Å². The van der Waals surface area contributed by atoms with E-state index in [2.05, 4.69) is 9.88 Å². The molecule has 0 unspecified atom stereocenters. The van der Waals surface area contributed by atoms with Crippen LogP contribution >= 0.6 is 0 Å². The van der Waals surface area contributed by atoms with Crippen molar-refractivity contribution in [3.8, 4) is 11.9 Å². The standard InChI is InChI=1S/C23H27FN4O3/c1-16-14-27(10-11-28(16)22(29)31-23(2,3)4)20-6-5-7-21(26-20)30-15-18-9-8-17(13-25)12-19(18)24/h5-9,12,16H,10-11,14-15H2,1-4H3/t16-/m0/s1. The number of anilines is 1. The van der Waals surface area contributed by atoms with Crippen LogP contribution in [0.2, 0.25) is 0 Å². The number of piperazine rings is 1. The molecule has 8 heteroatoms. The number of halogens is 1. The molecule has 0 spiro atoms. The molecule has 1 fully saturated rings. The minimum atomic E-state index is -0.532.